The first kappa shape index (κ1) is 13.9. The predicted octanol–water partition coefficient (Wildman–Crippen LogP) is 2.93. The second kappa shape index (κ2) is 6.62. The van der Waals surface area contributed by atoms with Crippen LogP contribution in [-0.4, -0.2) is 11.0 Å². The lowest BCUT2D eigenvalue weighted by Gasteiger charge is -2.04. The maximum Gasteiger partial charge on any atom is 0.315 e. The summed E-state index contributed by atoms with van der Waals surface area (Å²) < 4.78 is 10.5. The molecule has 0 saturated heterocycles. The van der Waals surface area contributed by atoms with E-state index in [0.29, 0.717) is 30.4 Å². The van der Waals surface area contributed by atoms with E-state index in [2.05, 4.69) is 15.6 Å². The number of carbonyl (C=O) groups is 1. The number of nitrogens with one attached hydrogen (secondary N) is 2. The molecule has 0 fully saturated rings. The molecule has 6 heteroatoms. The molecule has 0 bridgehead atoms. The highest BCUT2D eigenvalue weighted by molar-refractivity contribution is 5.73. The second-order valence-electron chi connectivity index (χ2n) is 4.63. The van der Waals surface area contributed by atoms with Crippen LogP contribution in [0.1, 0.15) is 11.5 Å². The molecule has 0 radical (unpaired) electrons. The van der Waals surface area contributed by atoms with Crippen molar-refractivity contribution in [1.29, 1.82) is 0 Å². The zero-order valence-corrected chi connectivity index (χ0v) is 11.8. The molecule has 3 rings (SSSR count). The third-order valence-corrected chi connectivity index (χ3v) is 3.01. The number of hydrogen-bond donors (Lipinski definition) is 2. The standard InChI is InChI=1S/C16H15N3O3/c20-16(18-10-14-7-4-8-21-14)17-9-13-11-22-15(19-13)12-5-2-1-3-6-12/h1-8,11H,9-10H2,(H2,17,18,20). The Morgan fingerprint density at radius 3 is 2.59 bits per heavy atom. The summed E-state index contributed by atoms with van der Waals surface area (Å²) in [5, 5.41) is 5.40. The van der Waals surface area contributed by atoms with Crippen molar-refractivity contribution < 1.29 is 13.6 Å². The summed E-state index contributed by atoms with van der Waals surface area (Å²) in [6, 6.07) is 12.9. The number of aromatic nitrogens is 1. The minimum Gasteiger partial charge on any atom is -0.467 e. The van der Waals surface area contributed by atoms with E-state index in [1.165, 1.54) is 6.26 Å². The van der Waals surface area contributed by atoms with Gasteiger partial charge in [0, 0.05) is 5.56 Å². The average molecular weight is 297 g/mol. The lowest BCUT2D eigenvalue weighted by atomic mass is 10.2. The largest absolute Gasteiger partial charge is 0.467 e. The molecule has 112 valence electrons. The quantitative estimate of drug-likeness (QED) is 0.758. The van der Waals surface area contributed by atoms with Gasteiger partial charge in [0.2, 0.25) is 5.89 Å². The Balaban J connectivity index is 1.49. The SMILES string of the molecule is O=C(NCc1coc(-c2ccccc2)n1)NCc1ccco1. The summed E-state index contributed by atoms with van der Waals surface area (Å²) in [5.41, 5.74) is 1.56. The number of rotatable bonds is 5. The smallest absolute Gasteiger partial charge is 0.315 e. The average Bonchev–Trinajstić information content (AvgIpc) is 3.23. The number of nitrogens with zero attached hydrogens (tertiary/aromatic N) is 1. The Hall–Kier alpha value is -3.02. The van der Waals surface area contributed by atoms with Gasteiger partial charge in [0.15, 0.2) is 0 Å². The van der Waals surface area contributed by atoms with E-state index in [4.69, 9.17) is 8.83 Å². The Morgan fingerprint density at radius 2 is 1.82 bits per heavy atom. The van der Waals surface area contributed by atoms with E-state index < -0.39 is 0 Å². The van der Waals surface area contributed by atoms with Crippen LogP contribution in [0.2, 0.25) is 0 Å². The predicted molar refractivity (Wildman–Crippen MR) is 79.7 cm³/mol. The molecule has 0 aliphatic rings. The molecule has 1 aromatic carbocycles. The lowest BCUT2D eigenvalue weighted by molar-refractivity contribution is 0.239. The highest BCUT2D eigenvalue weighted by Gasteiger charge is 2.07. The molecule has 2 amide bonds. The van der Waals surface area contributed by atoms with E-state index in [1.54, 1.807) is 18.4 Å². The number of benzene rings is 1. The Labute approximate surface area is 127 Å². The van der Waals surface area contributed by atoms with Gasteiger partial charge in [-0.2, -0.15) is 0 Å². The van der Waals surface area contributed by atoms with Gasteiger partial charge in [-0.1, -0.05) is 18.2 Å². The highest BCUT2D eigenvalue weighted by Crippen LogP contribution is 2.17. The number of amides is 2. The molecule has 3 aromatic rings. The van der Waals surface area contributed by atoms with E-state index in [1.807, 2.05) is 30.3 Å². The molecule has 0 saturated carbocycles. The number of carbonyl (C=O) groups excluding carboxylic acids is 1. The fourth-order valence-electron chi connectivity index (χ4n) is 1.92. The molecule has 0 unspecified atom stereocenters. The van der Waals surface area contributed by atoms with Crippen molar-refractivity contribution in [3.05, 3.63) is 66.4 Å². The fraction of sp³-hybridized carbons (Fsp3) is 0.125. The van der Waals surface area contributed by atoms with Gasteiger partial charge in [-0.3, -0.25) is 0 Å². The minimum atomic E-state index is -0.291. The normalized spacial score (nSPS) is 10.4. The van der Waals surface area contributed by atoms with E-state index in [9.17, 15) is 4.79 Å². The van der Waals surface area contributed by atoms with Crippen molar-refractivity contribution in [1.82, 2.24) is 15.6 Å². The molecule has 2 N–H and O–H groups in total. The molecular formula is C16H15N3O3. The third-order valence-electron chi connectivity index (χ3n) is 3.01. The number of furan rings is 1. The van der Waals surface area contributed by atoms with E-state index in [-0.39, 0.29) is 6.03 Å². The Kier molecular flexibility index (Phi) is 4.20. The van der Waals surface area contributed by atoms with Crippen LogP contribution in [0.4, 0.5) is 4.79 Å². The number of urea groups is 1. The maximum atomic E-state index is 11.7. The van der Waals surface area contributed by atoms with E-state index in [0.717, 1.165) is 5.56 Å². The third kappa shape index (κ3) is 3.54. The molecule has 0 atom stereocenters. The number of oxazole rings is 1. The highest BCUT2D eigenvalue weighted by atomic mass is 16.3. The topological polar surface area (TPSA) is 80.3 Å². The summed E-state index contributed by atoms with van der Waals surface area (Å²) >= 11 is 0. The monoisotopic (exact) mass is 297 g/mol. The molecular weight excluding hydrogens is 282 g/mol. The van der Waals surface area contributed by atoms with E-state index >= 15 is 0 Å². The van der Waals surface area contributed by atoms with Crippen LogP contribution >= 0.6 is 0 Å². The van der Waals surface area contributed by atoms with Gasteiger partial charge < -0.3 is 19.5 Å². The molecule has 22 heavy (non-hydrogen) atoms. The lowest BCUT2D eigenvalue weighted by Crippen LogP contribution is -2.34. The molecule has 2 heterocycles. The number of hydrogen-bond acceptors (Lipinski definition) is 4. The van der Waals surface area contributed by atoms with Crippen molar-refractivity contribution in [3.8, 4) is 11.5 Å². The molecule has 2 aromatic heterocycles. The van der Waals surface area contributed by atoms with Gasteiger partial charge in [-0.25, -0.2) is 9.78 Å². The van der Waals surface area contributed by atoms with Gasteiger partial charge in [0.1, 0.15) is 12.0 Å². The maximum absolute atomic E-state index is 11.7. The summed E-state index contributed by atoms with van der Waals surface area (Å²) in [6.07, 6.45) is 3.10. The minimum absolute atomic E-state index is 0.291. The van der Waals surface area contributed by atoms with Crippen LogP contribution < -0.4 is 10.6 Å². The molecule has 0 aliphatic heterocycles. The zero-order chi connectivity index (χ0) is 15.2. The van der Waals surface area contributed by atoms with Crippen molar-refractivity contribution in [2.45, 2.75) is 13.1 Å². The Morgan fingerprint density at radius 1 is 1.00 bits per heavy atom. The van der Waals surface area contributed by atoms with Gasteiger partial charge in [-0.15, -0.1) is 0 Å². The second-order valence-corrected chi connectivity index (χ2v) is 4.63. The van der Waals surface area contributed by atoms with Crippen LogP contribution in [0.3, 0.4) is 0 Å². The van der Waals surface area contributed by atoms with Crippen LogP contribution in [0.15, 0.2) is 63.8 Å². The Bertz CT molecular complexity index is 720. The molecule has 0 aliphatic carbocycles. The summed E-state index contributed by atoms with van der Waals surface area (Å²) in [6.45, 7) is 0.632. The fourth-order valence-corrected chi connectivity index (χ4v) is 1.92. The zero-order valence-electron chi connectivity index (χ0n) is 11.8. The first-order chi connectivity index (χ1) is 10.8. The van der Waals surface area contributed by atoms with Crippen LogP contribution in [0.25, 0.3) is 11.5 Å². The van der Waals surface area contributed by atoms with Gasteiger partial charge in [0.05, 0.1) is 25.0 Å². The molecule has 0 spiro atoms. The summed E-state index contributed by atoms with van der Waals surface area (Å²) in [4.78, 5) is 16.0. The first-order valence-corrected chi connectivity index (χ1v) is 6.85. The van der Waals surface area contributed by atoms with Crippen LogP contribution in [0.5, 0.6) is 0 Å². The molecule has 6 nitrogen and oxygen atoms in total. The van der Waals surface area contributed by atoms with Crippen molar-refractivity contribution >= 4 is 6.03 Å². The first-order valence-electron chi connectivity index (χ1n) is 6.85. The van der Waals surface area contributed by atoms with Crippen LogP contribution in [0, 0.1) is 0 Å². The summed E-state index contributed by atoms with van der Waals surface area (Å²) in [5.74, 6) is 1.23. The summed E-state index contributed by atoms with van der Waals surface area (Å²) in [7, 11) is 0. The van der Waals surface area contributed by atoms with Crippen LogP contribution in [-0.2, 0) is 13.1 Å². The van der Waals surface area contributed by atoms with Gasteiger partial charge >= 0.3 is 6.03 Å². The van der Waals surface area contributed by atoms with Gasteiger partial charge in [-0.05, 0) is 24.3 Å². The van der Waals surface area contributed by atoms with Gasteiger partial charge in [0.25, 0.3) is 0 Å². The van der Waals surface area contributed by atoms with Crippen molar-refractivity contribution in [2.24, 2.45) is 0 Å². The van der Waals surface area contributed by atoms with Crippen molar-refractivity contribution in [3.63, 3.8) is 0 Å². The van der Waals surface area contributed by atoms with Crippen molar-refractivity contribution in [2.75, 3.05) is 0 Å².